The second-order valence-electron chi connectivity index (χ2n) is 5.08. The average molecular weight is 263 g/mol. The molecule has 1 aromatic rings. The van der Waals surface area contributed by atoms with Gasteiger partial charge in [0.05, 0.1) is 0 Å². The summed E-state index contributed by atoms with van der Waals surface area (Å²) in [5.41, 5.74) is 0.902. The number of carbonyl (C=O) groups is 2. The maximum atomic E-state index is 11.7. The molecular formula is C15H21NO3. The van der Waals surface area contributed by atoms with Crippen LogP contribution in [0, 0.1) is 5.92 Å². The average Bonchev–Trinajstić information content (AvgIpc) is 2.36. The largest absolute Gasteiger partial charge is 0.480 e. The van der Waals surface area contributed by atoms with Gasteiger partial charge in [-0.05, 0) is 17.9 Å². The van der Waals surface area contributed by atoms with Gasteiger partial charge in [-0.3, -0.25) is 4.79 Å². The highest BCUT2D eigenvalue weighted by atomic mass is 16.4. The molecule has 0 aromatic heterocycles. The molecule has 4 heteroatoms. The molecule has 19 heavy (non-hydrogen) atoms. The van der Waals surface area contributed by atoms with E-state index in [-0.39, 0.29) is 5.91 Å². The molecule has 104 valence electrons. The van der Waals surface area contributed by atoms with Crippen molar-refractivity contribution in [2.45, 2.75) is 39.2 Å². The third-order valence-corrected chi connectivity index (χ3v) is 2.86. The first-order chi connectivity index (χ1) is 8.99. The summed E-state index contributed by atoms with van der Waals surface area (Å²) in [5.74, 6) is -0.762. The second-order valence-corrected chi connectivity index (χ2v) is 5.08. The number of amides is 1. The van der Waals surface area contributed by atoms with Gasteiger partial charge in [-0.25, -0.2) is 4.79 Å². The van der Waals surface area contributed by atoms with E-state index in [1.54, 1.807) is 0 Å². The summed E-state index contributed by atoms with van der Waals surface area (Å²) in [7, 11) is 0. The van der Waals surface area contributed by atoms with E-state index in [0.29, 0.717) is 18.8 Å². The van der Waals surface area contributed by atoms with Crippen LogP contribution in [0.25, 0.3) is 0 Å². The van der Waals surface area contributed by atoms with Crippen molar-refractivity contribution in [2.75, 3.05) is 0 Å². The highest BCUT2D eigenvalue weighted by Gasteiger charge is 2.20. The molecule has 0 fully saturated rings. The molecule has 0 saturated carbocycles. The molecule has 0 radical (unpaired) electrons. The van der Waals surface area contributed by atoms with Crippen LogP contribution in [0.15, 0.2) is 30.3 Å². The molecule has 0 saturated heterocycles. The molecule has 0 unspecified atom stereocenters. The Bertz CT molecular complexity index is 415. The van der Waals surface area contributed by atoms with Gasteiger partial charge in [-0.1, -0.05) is 44.2 Å². The Kier molecular flexibility index (Phi) is 6.06. The topological polar surface area (TPSA) is 66.4 Å². The van der Waals surface area contributed by atoms with Gasteiger partial charge in [-0.15, -0.1) is 0 Å². The zero-order chi connectivity index (χ0) is 14.3. The molecule has 1 aromatic carbocycles. The van der Waals surface area contributed by atoms with Crippen LogP contribution in [0.5, 0.6) is 0 Å². The molecule has 0 aliphatic rings. The predicted molar refractivity (Wildman–Crippen MR) is 73.8 cm³/mol. The lowest BCUT2D eigenvalue weighted by Gasteiger charge is -2.15. The van der Waals surface area contributed by atoms with Crippen molar-refractivity contribution in [3.05, 3.63) is 35.9 Å². The van der Waals surface area contributed by atoms with Crippen molar-refractivity contribution in [1.82, 2.24) is 5.32 Å². The number of carbonyl (C=O) groups excluding carboxylic acids is 1. The van der Waals surface area contributed by atoms with Crippen molar-refractivity contribution in [2.24, 2.45) is 5.92 Å². The predicted octanol–water partition coefficient (Wildman–Crippen LogP) is 2.23. The maximum Gasteiger partial charge on any atom is 0.326 e. The number of hydrogen-bond acceptors (Lipinski definition) is 2. The summed E-state index contributed by atoms with van der Waals surface area (Å²) in [4.78, 5) is 22.8. The highest BCUT2D eigenvalue weighted by molar-refractivity contribution is 5.83. The number of nitrogens with one attached hydrogen (secondary N) is 1. The number of carboxylic acid groups (broad SMARTS) is 1. The number of benzene rings is 1. The number of carboxylic acids is 1. The maximum absolute atomic E-state index is 11.7. The van der Waals surface area contributed by atoms with Crippen LogP contribution >= 0.6 is 0 Å². The van der Waals surface area contributed by atoms with Crippen molar-refractivity contribution in [3.63, 3.8) is 0 Å². The molecule has 0 spiro atoms. The minimum Gasteiger partial charge on any atom is -0.480 e. The van der Waals surface area contributed by atoms with E-state index in [1.807, 2.05) is 44.2 Å². The smallest absolute Gasteiger partial charge is 0.326 e. The lowest BCUT2D eigenvalue weighted by molar-refractivity contribution is -0.141. The summed E-state index contributed by atoms with van der Waals surface area (Å²) < 4.78 is 0. The minimum absolute atomic E-state index is 0.197. The lowest BCUT2D eigenvalue weighted by atomic mass is 10.0. The Morgan fingerprint density at radius 3 is 2.37 bits per heavy atom. The Labute approximate surface area is 113 Å². The van der Waals surface area contributed by atoms with Crippen LogP contribution in [0.1, 0.15) is 32.3 Å². The van der Waals surface area contributed by atoms with Gasteiger partial charge in [0, 0.05) is 12.8 Å². The Morgan fingerprint density at radius 2 is 1.84 bits per heavy atom. The molecule has 0 aliphatic carbocycles. The number of hydrogen-bond donors (Lipinski definition) is 2. The van der Waals surface area contributed by atoms with Crippen molar-refractivity contribution in [3.8, 4) is 0 Å². The van der Waals surface area contributed by atoms with E-state index in [0.717, 1.165) is 12.0 Å². The lowest BCUT2D eigenvalue weighted by Crippen LogP contribution is -2.42. The molecule has 4 nitrogen and oxygen atoms in total. The Balaban J connectivity index is 2.54. The number of rotatable bonds is 7. The molecule has 0 heterocycles. The zero-order valence-electron chi connectivity index (χ0n) is 11.4. The fraction of sp³-hybridized carbons (Fsp3) is 0.467. The van der Waals surface area contributed by atoms with Crippen molar-refractivity contribution < 1.29 is 14.7 Å². The van der Waals surface area contributed by atoms with Crippen LogP contribution < -0.4 is 5.32 Å². The van der Waals surface area contributed by atoms with Crippen LogP contribution in [-0.4, -0.2) is 23.0 Å². The fourth-order valence-electron chi connectivity index (χ4n) is 1.74. The Hall–Kier alpha value is -1.84. The van der Waals surface area contributed by atoms with E-state index in [9.17, 15) is 9.59 Å². The monoisotopic (exact) mass is 263 g/mol. The van der Waals surface area contributed by atoms with E-state index in [4.69, 9.17) is 5.11 Å². The third kappa shape index (κ3) is 6.04. The van der Waals surface area contributed by atoms with E-state index >= 15 is 0 Å². The summed E-state index contributed by atoms with van der Waals surface area (Å²) in [5, 5.41) is 11.7. The Morgan fingerprint density at radius 1 is 1.21 bits per heavy atom. The van der Waals surface area contributed by atoms with Crippen LogP contribution in [0.2, 0.25) is 0 Å². The second kappa shape index (κ2) is 7.56. The van der Waals surface area contributed by atoms with Gasteiger partial charge in [0.25, 0.3) is 0 Å². The van der Waals surface area contributed by atoms with E-state index in [2.05, 4.69) is 5.32 Å². The summed E-state index contributed by atoms with van der Waals surface area (Å²) in [6, 6.07) is 8.44. The first-order valence-corrected chi connectivity index (χ1v) is 6.55. The molecule has 1 rings (SSSR count). The van der Waals surface area contributed by atoms with Crippen molar-refractivity contribution >= 4 is 11.9 Å². The van der Waals surface area contributed by atoms with Gasteiger partial charge < -0.3 is 10.4 Å². The van der Waals surface area contributed by atoms with Crippen LogP contribution in [0.4, 0.5) is 0 Å². The van der Waals surface area contributed by atoms with Gasteiger partial charge in [0.1, 0.15) is 6.04 Å². The summed E-state index contributed by atoms with van der Waals surface area (Å²) >= 11 is 0. The first kappa shape index (κ1) is 15.2. The van der Waals surface area contributed by atoms with E-state index in [1.165, 1.54) is 0 Å². The molecule has 1 atom stereocenters. The fourth-order valence-corrected chi connectivity index (χ4v) is 1.74. The number of aliphatic carboxylic acids is 1. The molecule has 0 aliphatic heterocycles. The van der Waals surface area contributed by atoms with Gasteiger partial charge >= 0.3 is 5.97 Å². The third-order valence-electron chi connectivity index (χ3n) is 2.86. The van der Waals surface area contributed by atoms with Crippen molar-refractivity contribution in [1.29, 1.82) is 0 Å². The first-order valence-electron chi connectivity index (χ1n) is 6.55. The molecular weight excluding hydrogens is 242 g/mol. The van der Waals surface area contributed by atoms with Gasteiger partial charge in [0.2, 0.25) is 5.91 Å². The summed E-state index contributed by atoms with van der Waals surface area (Å²) in [6.45, 7) is 4.07. The minimum atomic E-state index is -0.998. The van der Waals surface area contributed by atoms with E-state index < -0.39 is 12.0 Å². The zero-order valence-corrected chi connectivity index (χ0v) is 11.4. The SMILES string of the molecule is CC(C)CCC(=O)N[C@H](Cc1ccccc1)C(=O)O. The quantitative estimate of drug-likeness (QED) is 0.792. The molecule has 0 bridgehead atoms. The van der Waals surface area contributed by atoms with Gasteiger partial charge in [0.15, 0.2) is 0 Å². The van der Waals surface area contributed by atoms with Gasteiger partial charge in [-0.2, -0.15) is 0 Å². The molecule has 2 N–H and O–H groups in total. The van der Waals surface area contributed by atoms with Crippen LogP contribution in [-0.2, 0) is 16.0 Å². The summed E-state index contributed by atoms with van der Waals surface area (Å²) in [6.07, 6.45) is 1.45. The standard InChI is InChI=1S/C15H21NO3/c1-11(2)8-9-14(17)16-13(15(18)19)10-12-6-4-3-5-7-12/h3-7,11,13H,8-10H2,1-2H3,(H,16,17)(H,18,19)/t13-/m1/s1. The normalized spacial score (nSPS) is 12.2. The highest BCUT2D eigenvalue weighted by Crippen LogP contribution is 2.06. The molecule has 1 amide bonds. The van der Waals surface area contributed by atoms with Crippen LogP contribution in [0.3, 0.4) is 0 Å².